The van der Waals surface area contributed by atoms with Gasteiger partial charge in [0.2, 0.25) is 0 Å². The second-order valence-electron chi connectivity index (χ2n) is 10.1. The molecule has 1 heterocycles. The van der Waals surface area contributed by atoms with Crippen LogP contribution >= 0.6 is 11.6 Å². The Kier molecular flexibility index (Phi) is 8.18. The Morgan fingerprint density at radius 1 is 0.977 bits per heavy atom. The highest BCUT2D eigenvalue weighted by Gasteiger charge is 2.53. The first kappa shape index (κ1) is 29.3. The van der Waals surface area contributed by atoms with Crippen LogP contribution in [0.4, 0.5) is 5.69 Å². The van der Waals surface area contributed by atoms with Crippen LogP contribution in [-0.2, 0) is 9.59 Å². The molecule has 1 aliphatic carbocycles. The first-order valence-corrected chi connectivity index (χ1v) is 13.6. The van der Waals surface area contributed by atoms with Crippen molar-refractivity contribution in [1.29, 1.82) is 0 Å². The SMILES string of the molecule is C[C@@H]1C=CC[C@H]2C(=O)N(N(CC(=O)c3ccc(OC(=O)c4ccc([N+](=O)[O-])cc4)cc3)C(=O)c3ccccc3Cl)C(=O)[C@H]12. The molecule has 3 aromatic rings. The quantitative estimate of drug-likeness (QED) is 0.0674. The predicted molar refractivity (Wildman–Crippen MR) is 153 cm³/mol. The van der Waals surface area contributed by atoms with Crippen molar-refractivity contribution in [1.82, 2.24) is 10.0 Å². The summed E-state index contributed by atoms with van der Waals surface area (Å²) in [5.74, 6) is -4.69. The molecule has 1 aliphatic heterocycles. The number of allylic oxidation sites excluding steroid dienone is 2. The van der Waals surface area contributed by atoms with Crippen LogP contribution in [0.25, 0.3) is 0 Å². The number of carbonyl (C=O) groups excluding carboxylic acids is 5. The Balaban J connectivity index is 1.36. The van der Waals surface area contributed by atoms with Crippen LogP contribution in [0.15, 0.2) is 84.9 Å². The third-order valence-corrected chi connectivity index (χ3v) is 7.75. The number of amides is 3. The zero-order valence-corrected chi connectivity index (χ0v) is 23.5. The van der Waals surface area contributed by atoms with Crippen molar-refractivity contribution in [2.75, 3.05) is 6.54 Å². The number of ketones is 1. The molecule has 0 bridgehead atoms. The van der Waals surface area contributed by atoms with E-state index in [0.29, 0.717) is 6.42 Å². The van der Waals surface area contributed by atoms with Crippen LogP contribution < -0.4 is 4.74 Å². The Labute approximate surface area is 250 Å². The fraction of sp³-hybridized carbons (Fsp3) is 0.194. The number of hydrazine groups is 1. The number of benzene rings is 3. The van der Waals surface area contributed by atoms with E-state index in [1.54, 1.807) is 12.1 Å². The Morgan fingerprint density at radius 2 is 1.63 bits per heavy atom. The van der Waals surface area contributed by atoms with Gasteiger partial charge in [-0.25, -0.2) is 9.80 Å². The minimum atomic E-state index is -0.784. The molecule has 0 N–H and O–H groups in total. The van der Waals surface area contributed by atoms with Crippen LogP contribution in [0.2, 0.25) is 5.02 Å². The van der Waals surface area contributed by atoms with Crippen molar-refractivity contribution in [3.8, 4) is 5.75 Å². The van der Waals surface area contributed by atoms with Crippen molar-refractivity contribution in [3.63, 3.8) is 0 Å². The zero-order chi connectivity index (χ0) is 30.8. The zero-order valence-electron chi connectivity index (χ0n) is 22.7. The molecule has 0 radical (unpaired) electrons. The van der Waals surface area contributed by atoms with Gasteiger partial charge in [0, 0.05) is 17.7 Å². The van der Waals surface area contributed by atoms with E-state index < -0.39 is 52.8 Å². The van der Waals surface area contributed by atoms with E-state index in [2.05, 4.69) is 0 Å². The fourth-order valence-electron chi connectivity index (χ4n) is 5.20. The van der Waals surface area contributed by atoms with E-state index in [0.717, 1.165) is 10.0 Å². The molecule has 218 valence electrons. The molecular weight excluding hydrogens is 578 g/mol. The standard InChI is InChI=1S/C31H24ClN3O8/c1-18-5-4-7-24-27(18)30(39)34(29(24)38)33(28(37)23-6-2-3-8-25(23)32)17-26(36)19-11-15-22(16-12-19)43-31(40)20-9-13-21(14-10-20)35(41)42/h2-6,8-16,18,24,27H,7,17H2,1H3/t18-,24-,27-/m1/s1. The molecule has 0 unspecified atom stereocenters. The number of halogens is 1. The van der Waals surface area contributed by atoms with Gasteiger partial charge in [0.05, 0.1) is 32.9 Å². The van der Waals surface area contributed by atoms with Gasteiger partial charge in [-0.1, -0.05) is 42.8 Å². The number of nitrogens with zero attached hydrogens (tertiary/aromatic N) is 3. The summed E-state index contributed by atoms with van der Waals surface area (Å²) in [6, 6.07) is 16.5. The van der Waals surface area contributed by atoms with Crippen LogP contribution in [0.1, 0.15) is 44.4 Å². The third-order valence-electron chi connectivity index (χ3n) is 7.42. The lowest BCUT2D eigenvalue weighted by Crippen LogP contribution is -2.52. The number of Topliss-reactive ketones (excluding diaryl/α,β-unsaturated/α-hetero) is 1. The average Bonchev–Trinajstić information content (AvgIpc) is 3.26. The van der Waals surface area contributed by atoms with Crippen LogP contribution in [0, 0.1) is 27.9 Å². The maximum absolute atomic E-state index is 13.7. The molecule has 5 rings (SSSR count). The highest BCUT2D eigenvalue weighted by atomic mass is 35.5. The second kappa shape index (κ2) is 12.0. The second-order valence-corrected chi connectivity index (χ2v) is 10.5. The van der Waals surface area contributed by atoms with Crippen molar-refractivity contribution >= 4 is 46.8 Å². The summed E-state index contributed by atoms with van der Waals surface area (Å²) >= 11 is 6.26. The Morgan fingerprint density at radius 3 is 2.26 bits per heavy atom. The summed E-state index contributed by atoms with van der Waals surface area (Å²) < 4.78 is 5.30. The van der Waals surface area contributed by atoms with E-state index in [4.69, 9.17) is 16.3 Å². The van der Waals surface area contributed by atoms with Crippen LogP contribution in [0.3, 0.4) is 0 Å². The number of imide groups is 1. The molecule has 0 saturated carbocycles. The normalized spacial score (nSPS) is 19.1. The Bertz CT molecular complexity index is 1670. The monoisotopic (exact) mass is 601 g/mol. The summed E-state index contributed by atoms with van der Waals surface area (Å²) in [6.07, 6.45) is 4.04. The summed E-state index contributed by atoms with van der Waals surface area (Å²) in [7, 11) is 0. The summed E-state index contributed by atoms with van der Waals surface area (Å²) in [5, 5.41) is 12.5. The first-order chi connectivity index (χ1) is 20.6. The van der Waals surface area contributed by atoms with Gasteiger partial charge in [-0.15, -0.1) is 0 Å². The molecular formula is C31H24ClN3O8. The van der Waals surface area contributed by atoms with E-state index in [9.17, 15) is 34.1 Å². The van der Waals surface area contributed by atoms with E-state index >= 15 is 0 Å². The summed E-state index contributed by atoms with van der Waals surface area (Å²) in [6.45, 7) is 1.19. The van der Waals surface area contributed by atoms with E-state index in [1.165, 1.54) is 60.7 Å². The van der Waals surface area contributed by atoms with Gasteiger partial charge in [-0.2, -0.15) is 5.01 Å². The van der Waals surface area contributed by atoms with Gasteiger partial charge >= 0.3 is 5.97 Å². The van der Waals surface area contributed by atoms with Crippen molar-refractivity contribution in [3.05, 3.63) is 117 Å². The lowest BCUT2D eigenvalue weighted by molar-refractivity contribution is -0.384. The van der Waals surface area contributed by atoms with Gasteiger partial charge in [-0.05, 0) is 60.9 Å². The Hall–Kier alpha value is -5.16. The summed E-state index contributed by atoms with van der Waals surface area (Å²) in [4.78, 5) is 76.8. The number of hydrogen-bond donors (Lipinski definition) is 0. The largest absolute Gasteiger partial charge is 0.423 e. The smallest absolute Gasteiger partial charge is 0.343 e. The van der Waals surface area contributed by atoms with Gasteiger partial charge in [0.15, 0.2) is 5.78 Å². The summed E-state index contributed by atoms with van der Waals surface area (Å²) in [5.41, 5.74) is 0.0546. The molecule has 43 heavy (non-hydrogen) atoms. The third kappa shape index (κ3) is 5.80. The average molecular weight is 602 g/mol. The molecule has 3 atom stereocenters. The number of esters is 1. The molecule has 3 aromatic carbocycles. The number of nitro groups is 1. The topological polar surface area (TPSA) is 144 Å². The van der Waals surface area contributed by atoms with Crippen molar-refractivity contribution in [2.24, 2.45) is 17.8 Å². The first-order valence-electron chi connectivity index (χ1n) is 13.3. The van der Waals surface area contributed by atoms with E-state index in [1.807, 2.05) is 19.1 Å². The molecule has 1 fully saturated rings. The van der Waals surface area contributed by atoms with Gasteiger partial charge in [-0.3, -0.25) is 29.3 Å². The van der Waals surface area contributed by atoms with Gasteiger partial charge < -0.3 is 4.74 Å². The van der Waals surface area contributed by atoms with Gasteiger partial charge in [0.25, 0.3) is 23.4 Å². The van der Waals surface area contributed by atoms with Crippen LogP contribution in [-0.4, -0.2) is 51.0 Å². The lowest BCUT2D eigenvalue weighted by atomic mass is 9.78. The molecule has 12 heteroatoms. The lowest BCUT2D eigenvalue weighted by Gasteiger charge is -2.30. The minimum Gasteiger partial charge on any atom is -0.423 e. The number of hydrogen-bond acceptors (Lipinski definition) is 8. The van der Waals surface area contributed by atoms with E-state index in [-0.39, 0.29) is 39.1 Å². The highest BCUT2D eigenvalue weighted by Crippen LogP contribution is 2.39. The molecule has 2 aliphatic rings. The highest BCUT2D eigenvalue weighted by molar-refractivity contribution is 6.34. The number of rotatable bonds is 8. The molecule has 0 spiro atoms. The predicted octanol–water partition coefficient (Wildman–Crippen LogP) is 4.90. The molecule has 3 amide bonds. The fourth-order valence-corrected chi connectivity index (χ4v) is 5.41. The van der Waals surface area contributed by atoms with Crippen molar-refractivity contribution in [2.45, 2.75) is 13.3 Å². The van der Waals surface area contributed by atoms with Crippen LogP contribution in [0.5, 0.6) is 5.75 Å². The maximum Gasteiger partial charge on any atom is 0.343 e. The number of carbonyl (C=O) groups is 5. The van der Waals surface area contributed by atoms with Crippen molar-refractivity contribution < 1.29 is 33.6 Å². The maximum atomic E-state index is 13.7. The molecule has 0 aromatic heterocycles. The number of non-ortho nitro benzene ring substituents is 1. The van der Waals surface area contributed by atoms with Gasteiger partial charge in [0.1, 0.15) is 12.3 Å². The number of nitro benzene ring substituents is 1. The minimum absolute atomic E-state index is 0.0205. The molecule has 11 nitrogen and oxygen atoms in total. The molecule has 1 saturated heterocycles. The number of fused-ring (bicyclic) bond motifs is 1. The number of ether oxygens (including phenoxy) is 1.